The first-order chi connectivity index (χ1) is 11.9. The number of halogens is 2. The van der Waals surface area contributed by atoms with Crippen molar-refractivity contribution in [3.05, 3.63) is 71.4 Å². The Morgan fingerprint density at radius 3 is 2.28 bits per heavy atom. The fourth-order valence-electron chi connectivity index (χ4n) is 2.22. The summed E-state index contributed by atoms with van der Waals surface area (Å²) in [7, 11) is -3.95. The molecular formula is C17H13ClFN3O2S. The van der Waals surface area contributed by atoms with Crippen LogP contribution >= 0.6 is 11.6 Å². The summed E-state index contributed by atoms with van der Waals surface area (Å²) >= 11 is 6.16. The van der Waals surface area contributed by atoms with Gasteiger partial charge in [0.25, 0.3) is 10.0 Å². The van der Waals surface area contributed by atoms with E-state index in [2.05, 4.69) is 14.7 Å². The summed E-state index contributed by atoms with van der Waals surface area (Å²) < 4.78 is 40.5. The number of hydrogen-bond donors (Lipinski definition) is 1. The molecule has 0 aliphatic carbocycles. The van der Waals surface area contributed by atoms with Crippen molar-refractivity contribution >= 4 is 27.4 Å². The van der Waals surface area contributed by atoms with Crippen molar-refractivity contribution in [2.75, 3.05) is 4.72 Å². The summed E-state index contributed by atoms with van der Waals surface area (Å²) in [5.41, 5.74) is 2.09. The Balaban J connectivity index is 2.05. The van der Waals surface area contributed by atoms with Crippen molar-refractivity contribution < 1.29 is 12.8 Å². The largest absolute Gasteiger partial charge is 0.263 e. The van der Waals surface area contributed by atoms with E-state index in [-0.39, 0.29) is 15.9 Å². The van der Waals surface area contributed by atoms with Crippen LogP contribution in [0, 0.1) is 12.7 Å². The molecule has 25 heavy (non-hydrogen) atoms. The number of aryl methyl sites for hydroxylation is 1. The van der Waals surface area contributed by atoms with Crippen LogP contribution in [0.3, 0.4) is 0 Å². The fraction of sp³-hybridized carbons (Fsp3) is 0.0588. The second kappa shape index (κ2) is 6.78. The lowest BCUT2D eigenvalue weighted by Crippen LogP contribution is -2.15. The van der Waals surface area contributed by atoms with Gasteiger partial charge in [-0.1, -0.05) is 41.4 Å². The molecule has 8 heteroatoms. The molecule has 3 aromatic rings. The van der Waals surface area contributed by atoms with Crippen molar-refractivity contribution in [2.45, 2.75) is 11.8 Å². The number of nitrogens with one attached hydrogen (secondary N) is 1. The molecule has 0 aliphatic rings. The maximum absolute atomic E-state index is 13.0. The quantitative estimate of drug-likeness (QED) is 0.696. The summed E-state index contributed by atoms with van der Waals surface area (Å²) in [6.45, 7) is 1.94. The van der Waals surface area contributed by atoms with E-state index in [1.54, 1.807) is 12.1 Å². The molecule has 128 valence electrons. The molecule has 0 saturated carbocycles. The normalized spacial score (nSPS) is 11.3. The molecule has 1 heterocycles. The minimum Gasteiger partial charge on any atom is -0.263 e. The van der Waals surface area contributed by atoms with Crippen molar-refractivity contribution in [3.63, 3.8) is 0 Å². The Bertz CT molecular complexity index is 1010. The highest BCUT2D eigenvalue weighted by Gasteiger charge is 2.20. The summed E-state index contributed by atoms with van der Waals surface area (Å²) in [6, 6.07) is 11.8. The second-order valence-corrected chi connectivity index (χ2v) is 7.35. The van der Waals surface area contributed by atoms with Crippen LogP contribution in [0.15, 0.2) is 59.8 Å². The molecule has 5 nitrogen and oxygen atoms in total. The van der Waals surface area contributed by atoms with Gasteiger partial charge in [0.15, 0.2) is 5.82 Å². The summed E-state index contributed by atoms with van der Waals surface area (Å²) in [5.74, 6) is -0.474. The number of aromatic nitrogens is 2. The highest BCUT2D eigenvalue weighted by atomic mass is 35.5. The SMILES string of the molecule is Cc1ccc(-c2c(Cl)ncnc2NS(=O)(=O)c2ccc(F)cc2)cc1. The van der Waals surface area contributed by atoms with Crippen LogP contribution in [0.5, 0.6) is 0 Å². The maximum atomic E-state index is 13.0. The molecule has 0 atom stereocenters. The Morgan fingerprint density at radius 2 is 1.64 bits per heavy atom. The lowest BCUT2D eigenvalue weighted by Gasteiger charge is -2.13. The zero-order valence-corrected chi connectivity index (χ0v) is 14.6. The first kappa shape index (κ1) is 17.3. The lowest BCUT2D eigenvalue weighted by atomic mass is 10.1. The Morgan fingerprint density at radius 1 is 1.00 bits per heavy atom. The third-order valence-corrected chi connectivity index (χ3v) is 5.14. The van der Waals surface area contributed by atoms with Crippen LogP contribution in [-0.2, 0) is 10.0 Å². The van der Waals surface area contributed by atoms with Gasteiger partial charge in [0, 0.05) is 0 Å². The van der Waals surface area contributed by atoms with Gasteiger partial charge in [-0.15, -0.1) is 0 Å². The number of anilines is 1. The topological polar surface area (TPSA) is 72.0 Å². The van der Waals surface area contributed by atoms with Gasteiger partial charge in [0.05, 0.1) is 10.5 Å². The minimum atomic E-state index is -3.95. The van der Waals surface area contributed by atoms with Crippen molar-refractivity contribution in [3.8, 4) is 11.1 Å². The molecule has 0 fully saturated rings. The van der Waals surface area contributed by atoms with E-state index < -0.39 is 15.8 Å². The third-order valence-electron chi connectivity index (χ3n) is 3.50. The highest BCUT2D eigenvalue weighted by molar-refractivity contribution is 7.92. The van der Waals surface area contributed by atoms with Crippen LogP contribution in [0.25, 0.3) is 11.1 Å². The van der Waals surface area contributed by atoms with Gasteiger partial charge in [-0.05, 0) is 36.8 Å². The van der Waals surface area contributed by atoms with Gasteiger partial charge >= 0.3 is 0 Å². The van der Waals surface area contributed by atoms with E-state index in [9.17, 15) is 12.8 Å². The van der Waals surface area contributed by atoms with Gasteiger partial charge in [0.1, 0.15) is 17.3 Å². The monoisotopic (exact) mass is 377 g/mol. The molecule has 0 bridgehead atoms. The summed E-state index contributed by atoms with van der Waals surface area (Å²) in [6.07, 6.45) is 1.17. The predicted molar refractivity (Wildman–Crippen MR) is 94.4 cm³/mol. The van der Waals surface area contributed by atoms with Crippen molar-refractivity contribution in [1.29, 1.82) is 0 Å². The van der Waals surface area contributed by atoms with Crippen molar-refractivity contribution in [2.24, 2.45) is 0 Å². The Hall–Kier alpha value is -2.51. The number of nitrogens with zero attached hydrogens (tertiary/aromatic N) is 2. The number of benzene rings is 2. The van der Waals surface area contributed by atoms with E-state index in [4.69, 9.17) is 11.6 Å². The van der Waals surface area contributed by atoms with Crippen LogP contribution in [-0.4, -0.2) is 18.4 Å². The first-order valence-corrected chi connectivity index (χ1v) is 9.09. The molecule has 1 N–H and O–H groups in total. The Labute approximate surface area is 149 Å². The lowest BCUT2D eigenvalue weighted by molar-refractivity contribution is 0.599. The zero-order valence-electron chi connectivity index (χ0n) is 13.1. The Kier molecular flexibility index (Phi) is 4.69. The summed E-state index contributed by atoms with van der Waals surface area (Å²) in [5, 5.41) is 0.121. The van der Waals surface area contributed by atoms with E-state index in [0.717, 1.165) is 17.7 Å². The molecule has 1 aromatic heterocycles. The van der Waals surface area contributed by atoms with Gasteiger partial charge in [-0.3, -0.25) is 4.72 Å². The molecule has 0 amide bonds. The molecule has 3 rings (SSSR count). The van der Waals surface area contributed by atoms with E-state index in [1.807, 2.05) is 19.1 Å². The fourth-order valence-corrected chi connectivity index (χ4v) is 3.48. The maximum Gasteiger partial charge on any atom is 0.263 e. The number of hydrogen-bond acceptors (Lipinski definition) is 4. The van der Waals surface area contributed by atoms with Crippen LogP contribution in [0.2, 0.25) is 5.15 Å². The zero-order chi connectivity index (χ0) is 18.0. The van der Waals surface area contributed by atoms with E-state index >= 15 is 0 Å². The average Bonchev–Trinajstić information content (AvgIpc) is 2.56. The van der Waals surface area contributed by atoms with E-state index in [1.165, 1.54) is 18.5 Å². The molecule has 0 aliphatic heterocycles. The standard InChI is InChI=1S/C17H13ClFN3O2S/c1-11-2-4-12(5-3-11)15-16(18)20-10-21-17(15)22-25(23,24)14-8-6-13(19)7-9-14/h2-10H,1H3,(H,20,21,22). The summed E-state index contributed by atoms with van der Waals surface area (Å²) in [4.78, 5) is 7.84. The smallest absolute Gasteiger partial charge is 0.263 e. The van der Waals surface area contributed by atoms with Gasteiger partial charge in [-0.25, -0.2) is 22.8 Å². The number of rotatable bonds is 4. The number of sulfonamides is 1. The predicted octanol–water partition coefficient (Wildman–Crippen LogP) is 4.05. The third kappa shape index (κ3) is 3.78. The van der Waals surface area contributed by atoms with Crippen LogP contribution < -0.4 is 4.72 Å². The van der Waals surface area contributed by atoms with Crippen LogP contribution in [0.4, 0.5) is 10.2 Å². The van der Waals surface area contributed by atoms with Crippen molar-refractivity contribution in [1.82, 2.24) is 9.97 Å². The van der Waals surface area contributed by atoms with Gasteiger partial charge in [0.2, 0.25) is 0 Å². The first-order valence-electron chi connectivity index (χ1n) is 7.23. The van der Waals surface area contributed by atoms with Gasteiger partial charge in [-0.2, -0.15) is 0 Å². The molecule has 0 radical (unpaired) electrons. The molecular weight excluding hydrogens is 365 g/mol. The minimum absolute atomic E-state index is 0.0492. The average molecular weight is 378 g/mol. The van der Waals surface area contributed by atoms with Crippen LogP contribution in [0.1, 0.15) is 5.56 Å². The molecule has 2 aromatic carbocycles. The second-order valence-electron chi connectivity index (χ2n) is 5.31. The molecule has 0 unspecified atom stereocenters. The molecule has 0 saturated heterocycles. The van der Waals surface area contributed by atoms with E-state index in [0.29, 0.717) is 11.1 Å². The highest BCUT2D eigenvalue weighted by Crippen LogP contribution is 2.33. The molecule has 0 spiro atoms. The van der Waals surface area contributed by atoms with Gasteiger partial charge < -0.3 is 0 Å².